The highest BCUT2D eigenvalue weighted by Crippen LogP contribution is 2.31. The van der Waals surface area contributed by atoms with Crippen molar-refractivity contribution in [3.8, 4) is 0 Å². The monoisotopic (exact) mass is 215 g/mol. The van der Waals surface area contributed by atoms with Gasteiger partial charge in [0.15, 0.2) is 0 Å². The Morgan fingerprint density at radius 3 is 2.33 bits per heavy atom. The molecule has 1 heterocycles. The Kier molecular flexibility index (Phi) is 5.03. The molecule has 1 atom stereocenters. The number of nitrogens with one attached hydrogen (secondary N) is 1. The van der Waals surface area contributed by atoms with Crippen LogP contribution in [0.25, 0.3) is 0 Å². The molecule has 0 aliphatic carbocycles. The molecule has 0 radical (unpaired) electrons. The first-order valence-electron chi connectivity index (χ1n) is 5.95. The van der Waals surface area contributed by atoms with E-state index < -0.39 is 0 Å². The van der Waals surface area contributed by atoms with Crippen molar-refractivity contribution < 1.29 is 9.47 Å². The SMILES string of the molecule is CNC(CC(C)C)C1(OC)CCOCC1. The van der Waals surface area contributed by atoms with Crippen molar-refractivity contribution in [2.75, 3.05) is 27.4 Å². The lowest BCUT2D eigenvalue weighted by atomic mass is 9.82. The van der Waals surface area contributed by atoms with Crippen molar-refractivity contribution >= 4 is 0 Å². The molecule has 0 aromatic heterocycles. The second-order valence-electron chi connectivity index (χ2n) is 4.85. The van der Waals surface area contributed by atoms with Crippen molar-refractivity contribution in [2.45, 2.75) is 44.8 Å². The molecule has 3 heteroatoms. The number of likely N-dealkylation sites (N-methyl/N-ethyl adjacent to an activating group) is 1. The highest BCUT2D eigenvalue weighted by molar-refractivity contribution is 4.94. The number of ether oxygens (including phenoxy) is 2. The lowest BCUT2D eigenvalue weighted by molar-refractivity contribution is -0.112. The molecular formula is C12H25NO2. The summed E-state index contributed by atoms with van der Waals surface area (Å²) in [5, 5.41) is 3.41. The summed E-state index contributed by atoms with van der Waals surface area (Å²) in [5.74, 6) is 0.692. The maximum atomic E-state index is 5.79. The summed E-state index contributed by atoms with van der Waals surface area (Å²) in [4.78, 5) is 0. The molecule has 0 saturated carbocycles. The fourth-order valence-corrected chi connectivity index (χ4v) is 2.48. The Hall–Kier alpha value is -0.120. The topological polar surface area (TPSA) is 30.5 Å². The van der Waals surface area contributed by atoms with E-state index in [9.17, 15) is 0 Å². The molecule has 0 amide bonds. The van der Waals surface area contributed by atoms with Crippen LogP contribution < -0.4 is 5.32 Å². The van der Waals surface area contributed by atoms with Crippen LogP contribution in [0.3, 0.4) is 0 Å². The van der Waals surface area contributed by atoms with E-state index in [0.29, 0.717) is 12.0 Å². The third kappa shape index (κ3) is 3.16. The Labute approximate surface area is 93.5 Å². The van der Waals surface area contributed by atoms with Gasteiger partial charge in [0.05, 0.1) is 5.60 Å². The predicted octanol–water partition coefficient (Wildman–Crippen LogP) is 1.82. The van der Waals surface area contributed by atoms with Crippen molar-refractivity contribution in [3.63, 3.8) is 0 Å². The van der Waals surface area contributed by atoms with Crippen LogP contribution >= 0.6 is 0 Å². The van der Waals surface area contributed by atoms with E-state index in [-0.39, 0.29) is 5.60 Å². The molecule has 1 rings (SSSR count). The maximum Gasteiger partial charge on any atom is 0.0874 e. The van der Waals surface area contributed by atoms with E-state index >= 15 is 0 Å². The van der Waals surface area contributed by atoms with Crippen molar-refractivity contribution in [3.05, 3.63) is 0 Å². The van der Waals surface area contributed by atoms with Gasteiger partial charge in [0, 0.05) is 39.2 Å². The van der Waals surface area contributed by atoms with Gasteiger partial charge in [0.2, 0.25) is 0 Å². The number of rotatable bonds is 5. The van der Waals surface area contributed by atoms with Crippen LogP contribution in [0.1, 0.15) is 33.1 Å². The van der Waals surface area contributed by atoms with E-state index in [2.05, 4.69) is 19.2 Å². The van der Waals surface area contributed by atoms with E-state index in [1.54, 1.807) is 0 Å². The summed E-state index contributed by atoms with van der Waals surface area (Å²) >= 11 is 0. The Morgan fingerprint density at radius 2 is 1.93 bits per heavy atom. The Bertz CT molecular complexity index is 176. The standard InChI is InChI=1S/C12H25NO2/c1-10(2)9-11(13-3)12(14-4)5-7-15-8-6-12/h10-11,13H,5-9H2,1-4H3. The molecular weight excluding hydrogens is 190 g/mol. The molecule has 0 aromatic carbocycles. The molecule has 1 saturated heterocycles. The normalized spacial score (nSPS) is 23.0. The summed E-state index contributed by atoms with van der Waals surface area (Å²) < 4.78 is 11.2. The first-order chi connectivity index (χ1) is 7.14. The summed E-state index contributed by atoms with van der Waals surface area (Å²) in [7, 11) is 3.86. The third-order valence-corrected chi connectivity index (χ3v) is 3.44. The van der Waals surface area contributed by atoms with Gasteiger partial charge in [-0.2, -0.15) is 0 Å². The van der Waals surface area contributed by atoms with E-state index in [1.807, 2.05) is 14.2 Å². The number of hydrogen-bond donors (Lipinski definition) is 1. The van der Waals surface area contributed by atoms with Gasteiger partial charge in [-0.1, -0.05) is 13.8 Å². The van der Waals surface area contributed by atoms with Crippen molar-refractivity contribution in [1.82, 2.24) is 5.32 Å². The van der Waals surface area contributed by atoms with Gasteiger partial charge in [-0.05, 0) is 19.4 Å². The largest absolute Gasteiger partial charge is 0.381 e. The van der Waals surface area contributed by atoms with Crippen LogP contribution in [0.5, 0.6) is 0 Å². The molecule has 90 valence electrons. The summed E-state index contributed by atoms with van der Waals surface area (Å²) in [5.41, 5.74) is -0.0166. The fraction of sp³-hybridized carbons (Fsp3) is 1.00. The average molecular weight is 215 g/mol. The van der Waals surface area contributed by atoms with Gasteiger partial charge < -0.3 is 14.8 Å². The lowest BCUT2D eigenvalue weighted by Crippen LogP contribution is -2.54. The highest BCUT2D eigenvalue weighted by atomic mass is 16.5. The minimum atomic E-state index is -0.0166. The van der Waals surface area contributed by atoms with E-state index in [0.717, 1.165) is 32.5 Å². The molecule has 1 unspecified atom stereocenters. The van der Waals surface area contributed by atoms with Gasteiger partial charge in [0.25, 0.3) is 0 Å². The van der Waals surface area contributed by atoms with Crippen LogP contribution in [-0.2, 0) is 9.47 Å². The Balaban J connectivity index is 2.67. The van der Waals surface area contributed by atoms with Crippen LogP contribution in [0.2, 0.25) is 0 Å². The molecule has 0 aromatic rings. The zero-order valence-electron chi connectivity index (χ0n) is 10.5. The molecule has 1 aliphatic heterocycles. The number of methoxy groups -OCH3 is 1. The van der Waals surface area contributed by atoms with Crippen molar-refractivity contribution in [1.29, 1.82) is 0 Å². The lowest BCUT2D eigenvalue weighted by Gasteiger charge is -2.43. The number of hydrogen-bond acceptors (Lipinski definition) is 3. The molecule has 15 heavy (non-hydrogen) atoms. The van der Waals surface area contributed by atoms with E-state index in [4.69, 9.17) is 9.47 Å². The second kappa shape index (κ2) is 5.83. The molecule has 3 nitrogen and oxygen atoms in total. The zero-order valence-corrected chi connectivity index (χ0v) is 10.5. The Morgan fingerprint density at radius 1 is 1.33 bits per heavy atom. The smallest absolute Gasteiger partial charge is 0.0874 e. The summed E-state index contributed by atoms with van der Waals surface area (Å²) in [6, 6.07) is 0.436. The first-order valence-corrected chi connectivity index (χ1v) is 5.95. The molecule has 1 N–H and O–H groups in total. The van der Waals surface area contributed by atoms with Gasteiger partial charge in [-0.25, -0.2) is 0 Å². The third-order valence-electron chi connectivity index (χ3n) is 3.44. The highest BCUT2D eigenvalue weighted by Gasteiger charge is 2.39. The minimum Gasteiger partial charge on any atom is -0.381 e. The van der Waals surface area contributed by atoms with Gasteiger partial charge >= 0.3 is 0 Å². The van der Waals surface area contributed by atoms with Crippen LogP contribution in [0, 0.1) is 5.92 Å². The molecule has 0 bridgehead atoms. The maximum absolute atomic E-state index is 5.79. The average Bonchev–Trinajstić information content (AvgIpc) is 2.26. The quantitative estimate of drug-likeness (QED) is 0.759. The summed E-state index contributed by atoms with van der Waals surface area (Å²) in [6.45, 7) is 6.16. The van der Waals surface area contributed by atoms with E-state index in [1.165, 1.54) is 0 Å². The van der Waals surface area contributed by atoms with Gasteiger partial charge in [0.1, 0.15) is 0 Å². The van der Waals surface area contributed by atoms with Crippen LogP contribution in [0.4, 0.5) is 0 Å². The second-order valence-corrected chi connectivity index (χ2v) is 4.85. The fourth-order valence-electron chi connectivity index (χ4n) is 2.48. The molecule has 1 fully saturated rings. The van der Waals surface area contributed by atoms with Gasteiger partial charge in [-0.3, -0.25) is 0 Å². The predicted molar refractivity (Wildman–Crippen MR) is 62.1 cm³/mol. The van der Waals surface area contributed by atoms with Crippen molar-refractivity contribution in [2.24, 2.45) is 5.92 Å². The minimum absolute atomic E-state index is 0.0166. The first kappa shape index (κ1) is 12.9. The van der Waals surface area contributed by atoms with Crippen LogP contribution in [-0.4, -0.2) is 39.0 Å². The summed E-state index contributed by atoms with van der Waals surface area (Å²) in [6.07, 6.45) is 3.16. The van der Waals surface area contributed by atoms with Crippen LogP contribution in [0.15, 0.2) is 0 Å². The van der Waals surface area contributed by atoms with Gasteiger partial charge in [-0.15, -0.1) is 0 Å². The molecule has 1 aliphatic rings. The zero-order chi connectivity index (χ0) is 11.3. The molecule has 0 spiro atoms.